The molecule has 100 valence electrons. The van der Waals surface area contributed by atoms with Crippen molar-refractivity contribution in [3.63, 3.8) is 0 Å². The molecule has 2 rings (SSSR count). The molecule has 0 atom stereocenters. The molecule has 2 heterocycles. The second-order valence-corrected chi connectivity index (χ2v) is 5.73. The first kappa shape index (κ1) is 13.3. The third-order valence-electron chi connectivity index (χ3n) is 2.48. The van der Waals surface area contributed by atoms with Gasteiger partial charge in [-0.3, -0.25) is 0 Å². The Morgan fingerprint density at radius 2 is 1.89 bits per heavy atom. The van der Waals surface area contributed by atoms with E-state index in [-0.39, 0.29) is 22.3 Å². The van der Waals surface area contributed by atoms with Gasteiger partial charge in [-0.1, -0.05) is 6.07 Å². The monoisotopic (exact) mass is 279 g/mol. The van der Waals surface area contributed by atoms with Crippen LogP contribution in [-0.4, -0.2) is 25.5 Å². The van der Waals surface area contributed by atoms with Gasteiger partial charge in [0.15, 0.2) is 5.03 Å². The molecule has 0 spiro atoms. The molecule has 0 saturated carbocycles. The minimum Gasteiger partial charge on any atom is -0.481 e. The van der Waals surface area contributed by atoms with E-state index < -0.39 is 9.84 Å². The number of anilines is 1. The first-order valence-electron chi connectivity index (χ1n) is 5.46. The lowest BCUT2D eigenvalue weighted by Crippen LogP contribution is -2.11. The molecule has 0 fully saturated rings. The number of ether oxygens (including phenoxy) is 1. The van der Waals surface area contributed by atoms with Crippen LogP contribution in [0.4, 0.5) is 5.69 Å². The van der Waals surface area contributed by atoms with Gasteiger partial charge in [0.2, 0.25) is 15.7 Å². The van der Waals surface area contributed by atoms with E-state index in [0.717, 1.165) is 0 Å². The van der Waals surface area contributed by atoms with Crippen LogP contribution in [0.2, 0.25) is 0 Å². The van der Waals surface area contributed by atoms with E-state index in [4.69, 9.17) is 10.5 Å². The summed E-state index contributed by atoms with van der Waals surface area (Å²) < 4.78 is 29.6. The van der Waals surface area contributed by atoms with Crippen molar-refractivity contribution in [2.24, 2.45) is 0 Å². The van der Waals surface area contributed by atoms with Crippen molar-refractivity contribution in [2.75, 3.05) is 12.8 Å². The summed E-state index contributed by atoms with van der Waals surface area (Å²) in [6, 6.07) is 6.37. The standard InChI is InChI=1S/C12H13N3O3S/c1-18-11-9(4-2-6-14-11)8-19(16,17)12-10(13)5-3-7-15-12/h2-7H,8,13H2,1H3. The summed E-state index contributed by atoms with van der Waals surface area (Å²) in [6.07, 6.45) is 2.92. The zero-order chi connectivity index (χ0) is 13.9. The molecule has 6 nitrogen and oxygen atoms in total. The molecule has 2 aromatic heterocycles. The van der Waals surface area contributed by atoms with Crippen molar-refractivity contribution < 1.29 is 13.2 Å². The quantitative estimate of drug-likeness (QED) is 0.898. The van der Waals surface area contributed by atoms with Gasteiger partial charge in [0.05, 0.1) is 18.6 Å². The lowest BCUT2D eigenvalue weighted by atomic mass is 10.3. The van der Waals surface area contributed by atoms with Gasteiger partial charge in [-0.05, 0) is 18.2 Å². The summed E-state index contributed by atoms with van der Waals surface area (Å²) in [5.41, 5.74) is 6.24. The number of nitrogens with two attached hydrogens (primary N) is 1. The summed E-state index contributed by atoms with van der Waals surface area (Å²) in [5, 5.41) is -0.124. The molecule has 2 aromatic rings. The first-order chi connectivity index (χ1) is 9.04. The molecule has 0 saturated heterocycles. The van der Waals surface area contributed by atoms with Gasteiger partial charge in [-0.25, -0.2) is 18.4 Å². The minimum atomic E-state index is -3.63. The van der Waals surface area contributed by atoms with E-state index in [0.29, 0.717) is 5.56 Å². The first-order valence-corrected chi connectivity index (χ1v) is 7.11. The van der Waals surface area contributed by atoms with E-state index in [1.165, 1.54) is 25.6 Å². The number of aromatic nitrogens is 2. The fourth-order valence-electron chi connectivity index (χ4n) is 1.65. The zero-order valence-electron chi connectivity index (χ0n) is 10.3. The molecule has 7 heteroatoms. The van der Waals surface area contributed by atoms with E-state index >= 15 is 0 Å². The highest BCUT2D eigenvalue weighted by molar-refractivity contribution is 7.90. The van der Waals surface area contributed by atoms with Crippen LogP contribution in [0.5, 0.6) is 5.88 Å². The number of methoxy groups -OCH3 is 1. The average molecular weight is 279 g/mol. The van der Waals surface area contributed by atoms with E-state index in [1.807, 2.05) is 0 Å². The minimum absolute atomic E-state index is 0.124. The van der Waals surface area contributed by atoms with Gasteiger partial charge in [0.1, 0.15) is 0 Å². The molecule has 0 amide bonds. The van der Waals surface area contributed by atoms with Crippen molar-refractivity contribution in [2.45, 2.75) is 10.8 Å². The molecule has 0 radical (unpaired) electrons. The Bertz CT molecular complexity index is 686. The molecule has 0 aliphatic carbocycles. The highest BCUT2D eigenvalue weighted by atomic mass is 32.2. The summed E-state index contributed by atoms with van der Waals surface area (Å²) in [5.74, 6) is 0.0196. The Morgan fingerprint density at radius 1 is 1.21 bits per heavy atom. The fourth-order valence-corrected chi connectivity index (χ4v) is 3.07. The van der Waals surface area contributed by atoms with Gasteiger partial charge in [0.25, 0.3) is 0 Å². The lowest BCUT2D eigenvalue weighted by molar-refractivity contribution is 0.394. The maximum Gasteiger partial charge on any atom is 0.217 e. The Kier molecular flexibility index (Phi) is 3.66. The molecule has 0 unspecified atom stereocenters. The molecule has 19 heavy (non-hydrogen) atoms. The molecule has 0 aliphatic heterocycles. The molecule has 0 aliphatic rings. The van der Waals surface area contributed by atoms with Crippen molar-refractivity contribution in [1.29, 1.82) is 0 Å². The SMILES string of the molecule is COc1ncccc1CS(=O)(=O)c1ncccc1N. The number of hydrogen-bond donors (Lipinski definition) is 1. The normalized spacial score (nSPS) is 11.2. The van der Waals surface area contributed by atoms with Crippen LogP contribution in [0.25, 0.3) is 0 Å². The predicted octanol–water partition coefficient (Wildman–Crippen LogP) is 1.04. The topological polar surface area (TPSA) is 95.2 Å². The van der Waals surface area contributed by atoms with Gasteiger partial charge < -0.3 is 10.5 Å². The molecule has 0 aromatic carbocycles. The van der Waals surface area contributed by atoms with E-state index in [1.54, 1.807) is 18.2 Å². The Morgan fingerprint density at radius 3 is 2.58 bits per heavy atom. The van der Waals surface area contributed by atoms with E-state index in [2.05, 4.69) is 9.97 Å². The average Bonchev–Trinajstić information content (AvgIpc) is 2.39. The van der Waals surface area contributed by atoms with Crippen LogP contribution < -0.4 is 10.5 Å². The van der Waals surface area contributed by atoms with Crippen LogP contribution in [0.1, 0.15) is 5.56 Å². The maximum absolute atomic E-state index is 12.3. The Balaban J connectivity index is 2.40. The van der Waals surface area contributed by atoms with Crippen LogP contribution >= 0.6 is 0 Å². The summed E-state index contributed by atoms with van der Waals surface area (Å²) in [7, 11) is -2.19. The predicted molar refractivity (Wildman–Crippen MR) is 70.3 cm³/mol. The Hall–Kier alpha value is -2.15. The van der Waals surface area contributed by atoms with Crippen molar-refractivity contribution >= 4 is 15.5 Å². The lowest BCUT2D eigenvalue weighted by Gasteiger charge is -2.08. The summed E-state index contributed by atoms with van der Waals surface area (Å²) in [4.78, 5) is 7.79. The number of rotatable bonds is 4. The Labute approximate surface area is 111 Å². The number of hydrogen-bond acceptors (Lipinski definition) is 6. The molecule has 0 bridgehead atoms. The molecular weight excluding hydrogens is 266 g/mol. The fraction of sp³-hybridized carbons (Fsp3) is 0.167. The molecular formula is C12H13N3O3S. The second kappa shape index (κ2) is 5.23. The van der Waals surface area contributed by atoms with Gasteiger partial charge in [-0.2, -0.15) is 0 Å². The second-order valence-electron chi connectivity index (χ2n) is 3.83. The number of pyridine rings is 2. The summed E-state index contributed by atoms with van der Waals surface area (Å²) >= 11 is 0. The van der Waals surface area contributed by atoms with Crippen LogP contribution in [-0.2, 0) is 15.6 Å². The zero-order valence-corrected chi connectivity index (χ0v) is 11.1. The van der Waals surface area contributed by atoms with Gasteiger partial charge in [0, 0.05) is 18.0 Å². The van der Waals surface area contributed by atoms with E-state index in [9.17, 15) is 8.42 Å². The highest BCUT2D eigenvalue weighted by Gasteiger charge is 2.21. The summed E-state index contributed by atoms with van der Waals surface area (Å²) in [6.45, 7) is 0. The smallest absolute Gasteiger partial charge is 0.217 e. The maximum atomic E-state index is 12.3. The largest absolute Gasteiger partial charge is 0.481 e. The number of sulfone groups is 1. The highest BCUT2D eigenvalue weighted by Crippen LogP contribution is 2.23. The van der Waals surface area contributed by atoms with Crippen LogP contribution in [0, 0.1) is 0 Å². The van der Waals surface area contributed by atoms with Gasteiger partial charge in [-0.15, -0.1) is 0 Å². The van der Waals surface area contributed by atoms with Crippen molar-refractivity contribution in [1.82, 2.24) is 9.97 Å². The van der Waals surface area contributed by atoms with Crippen LogP contribution in [0.3, 0.4) is 0 Å². The third kappa shape index (κ3) is 2.82. The van der Waals surface area contributed by atoms with Crippen molar-refractivity contribution in [3.8, 4) is 5.88 Å². The third-order valence-corrected chi connectivity index (χ3v) is 4.11. The number of nitrogen functional groups attached to an aromatic ring is 1. The number of nitrogens with zero attached hydrogens (tertiary/aromatic N) is 2. The molecule has 2 N–H and O–H groups in total. The van der Waals surface area contributed by atoms with Crippen LogP contribution in [0.15, 0.2) is 41.7 Å². The van der Waals surface area contributed by atoms with Gasteiger partial charge >= 0.3 is 0 Å². The van der Waals surface area contributed by atoms with Crippen molar-refractivity contribution in [3.05, 3.63) is 42.2 Å².